The highest BCUT2D eigenvalue weighted by atomic mass is 16.7. The van der Waals surface area contributed by atoms with Gasteiger partial charge >= 0.3 is 5.82 Å². The Morgan fingerprint density at radius 3 is 1.49 bits per heavy atom. The summed E-state index contributed by atoms with van der Waals surface area (Å²) in [5.74, 6) is -0.672. The van der Waals surface area contributed by atoms with Crippen molar-refractivity contribution in [1.82, 2.24) is 9.97 Å². The Labute approximate surface area is 243 Å². The van der Waals surface area contributed by atoms with Crippen LogP contribution >= 0.6 is 0 Å². The number of nitro groups is 2. The number of nitrogens with one attached hydrogen (secondary N) is 2. The summed E-state index contributed by atoms with van der Waals surface area (Å²) in [5, 5.41) is 27.5. The second kappa shape index (κ2) is 10.3. The van der Waals surface area contributed by atoms with Crippen molar-refractivity contribution < 1.29 is 14.6 Å². The van der Waals surface area contributed by atoms with Gasteiger partial charge < -0.3 is 14.7 Å². The fraction of sp³-hybridized carbons (Fsp3) is 0. The minimum Gasteiger partial charge on any atom is -0.457 e. The topological polar surface area (TPSA) is 127 Å². The molecule has 7 rings (SSSR count). The maximum absolute atomic E-state index is 11.6. The van der Waals surface area contributed by atoms with Crippen LogP contribution in [0.5, 0.6) is 0 Å². The maximum atomic E-state index is 11.6. The number of nitrogens with zero attached hydrogens (tertiary/aromatic N) is 2. The van der Waals surface area contributed by atoms with Crippen LogP contribution < -0.4 is 0 Å². The zero-order valence-electron chi connectivity index (χ0n) is 22.5. The van der Waals surface area contributed by atoms with Crippen LogP contribution in [0.1, 0.15) is 11.1 Å². The lowest BCUT2D eigenvalue weighted by Gasteiger charge is -2.12. The van der Waals surface area contributed by atoms with E-state index in [-0.39, 0.29) is 17.1 Å². The van der Waals surface area contributed by atoms with Gasteiger partial charge in [0.15, 0.2) is 0 Å². The van der Waals surface area contributed by atoms with Crippen LogP contribution in [0.15, 0.2) is 132 Å². The summed E-state index contributed by atoms with van der Waals surface area (Å²) in [7, 11) is 0. The number of hydrogen-bond acceptors (Lipinski definition) is 5. The zero-order valence-corrected chi connectivity index (χ0v) is 22.5. The molecule has 0 unspecified atom stereocenters. The number of rotatable bonds is 6. The molecule has 1 aliphatic rings. The molecule has 4 aromatic carbocycles. The first kappa shape index (κ1) is 25.7. The Morgan fingerprint density at radius 1 is 0.581 bits per heavy atom. The summed E-state index contributed by atoms with van der Waals surface area (Å²) in [6.07, 6.45) is 9.51. The Morgan fingerprint density at radius 2 is 1.02 bits per heavy atom. The van der Waals surface area contributed by atoms with Crippen molar-refractivity contribution in [3.63, 3.8) is 0 Å². The van der Waals surface area contributed by atoms with Crippen molar-refractivity contribution in [3.05, 3.63) is 164 Å². The number of para-hydroxylation sites is 2. The third kappa shape index (κ3) is 4.85. The molecule has 0 saturated carbocycles. The Bertz CT molecular complexity index is 2120. The van der Waals surface area contributed by atoms with Gasteiger partial charge in [-0.2, -0.15) is 0 Å². The number of benzene rings is 4. The number of allylic oxidation sites excluding steroid dienone is 5. The lowest BCUT2D eigenvalue weighted by Crippen LogP contribution is -2.13. The van der Waals surface area contributed by atoms with Gasteiger partial charge in [0, 0.05) is 55.8 Å². The average Bonchev–Trinajstić information content (AvgIpc) is 3.56. The van der Waals surface area contributed by atoms with Crippen molar-refractivity contribution >= 4 is 55.8 Å². The number of aromatic nitrogens is 2. The molecule has 6 aromatic rings. The number of hydrogen-bond donors (Lipinski definition) is 2. The van der Waals surface area contributed by atoms with E-state index in [2.05, 4.69) is 9.97 Å². The predicted molar refractivity (Wildman–Crippen MR) is 168 cm³/mol. The van der Waals surface area contributed by atoms with E-state index in [0.29, 0.717) is 0 Å². The highest BCUT2D eigenvalue weighted by molar-refractivity contribution is 6.08. The maximum Gasteiger partial charge on any atom is 0.566 e. The molecule has 43 heavy (non-hydrogen) atoms. The van der Waals surface area contributed by atoms with Crippen molar-refractivity contribution in [2.45, 2.75) is 0 Å². The Hall–Kier alpha value is -6.22. The van der Waals surface area contributed by atoms with Crippen molar-refractivity contribution in [2.75, 3.05) is 0 Å². The summed E-state index contributed by atoms with van der Waals surface area (Å²) in [6, 6.07) is 27.9. The van der Waals surface area contributed by atoms with Gasteiger partial charge in [-0.15, -0.1) is 0 Å². The van der Waals surface area contributed by atoms with Gasteiger partial charge in [0.1, 0.15) is 26.9 Å². The van der Waals surface area contributed by atoms with Crippen LogP contribution in [0.25, 0.3) is 55.8 Å². The molecule has 9 nitrogen and oxygen atoms in total. The van der Waals surface area contributed by atoms with E-state index < -0.39 is 15.7 Å². The monoisotopic (exact) mass is 566 g/mol. The third-order valence-corrected chi connectivity index (χ3v) is 7.38. The SMILES string of the molecule is O=[N+]([O-])C(=C1C=C(/C=C/c2ccc3[nH]c4ccccc4c3c2)OC(/C=C/c2ccc3[nH]c4ccccc4c3c2)=C1)[N+](=O)[O-]. The highest BCUT2D eigenvalue weighted by Gasteiger charge is 2.32. The van der Waals surface area contributed by atoms with Gasteiger partial charge in [-0.05, 0) is 59.7 Å². The smallest absolute Gasteiger partial charge is 0.457 e. The van der Waals surface area contributed by atoms with Gasteiger partial charge in [0.25, 0.3) is 0 Å². The van der Waals surface area contributed by atoms with Crippen LogP contribution in [0.2, 0.25) is 0 Å². The van der Waals surface area contributed by atoms with E-state index in [4.69, 9.17) is 4.74 Å². The number of H-pyrrole nitrogens is 2. The molecule has 0 fully saturated rings. The molecule has 0 atom stereocenters. The van der Waals surface area contributed by atoms with E-state index in [9.17, 15) is 20.2 Å². The highest BCUT2D eigenvalue weighted by Crippen LogP contribution is 2.30. The lowest BCUT2D eigenvalue weighted by atomic mass is 10.1. The fourth-order valence-corrected chi connectivity index (χ4v) is 5.41. The number of ether oxygens (including phenoxy) is 1. The molecule has 0 spiro atoms. The molecule has 9 heteroatoms. The summed E-state index contributed by atoms with van der Waals surface area (Å²) in [5.41, 5.74) is 5.64. The molecular weight excluding hydrogens is 544 g/mol. The summed E-state index contributed by atoms with van der Waals surface area (Å²) >= 11 is 0. The van der Waals surface area contributed by atoms with Gasteiger partial charge in [-0.1, -0.05) is 60.7 Å². The Balaban J connectivity index is 1.23. The van der Waals surface area contributed by atoms with E-state index in [0.717, 1.165) is 54.7 Å². The molecule has 208 valence electrons. The normalized spacial score (nSPS) is 13.7. The van der Waals surface area contributed by atoms with E-state index in [1.165, 1.54) is 12.2 Å². The van der Waals surface area contributed by atoms with Crippen LogP contribution in [0.3, 0.4) is 0 Å². The van der Waals surface area contributed by atoms with Crippen LogP contribution in [0.4, 0.5) is 0 Å². The zero-order chi connectivity index (χ0) is 29.5. The largest absolute Gasteiger partial charge is 0.566 e. The van der Waals surface area contributed by atoms with Crippen LogP contribution in [0, 0.1) is 20.2 Å². The molecule has 3 heterocycles. The fourth-order valence-electron chi connectivity index (χ4n) is 5.41. The van der Waals surface area contributed by atoms with Crippen molar-refractivity contribution in [1.29, 1.82) is 0 Å². The minimum atomic E-state index is -1.12. The van der Waals surface area contributed by atoms with Gasteiger partial charge in [-0.25, -0.2) is 0 Å². The molecule has 0 aliphatic carbocycles. The van der Waals surface area contributed by atoms with E-state index in [1.807, 2.05) is 84.9 Å². The molecular formula is C34H22N4O5. The average molecular weight is 567 g/mol. The molecule has 2 aromatic heterocycles. The van der Waals surface area contributed by atoms with Crippen LogP contribution in [-0.4, -0.2) is 19.8 Å². The lowest BCUT2D eigenvalue weighted by molar-refractivity contribution is -0.616. The molecule has 0 radical (unpaired) electrons. The van der Waals surface area contributed by atoms with Gasteiger partial charge in [0.05, 0.1) is 0 Å². The molecule has 1 aliphatic heterocycles. The van der Waals surface area contributed by atoms with E-state index in [1.54, 1.807) is 24.3 Å². The summed E-state index contributed by atoms with van der Waals surface area (Å²) in [4.78, 5) is 28.0. The standard InChI is InChI=1S/C34H22N4O5/c39-37(40)34(38(41)42)23-19-24(13-9-21-11-15-32-28(17-21)26-5-1-3-7-30(26)35-32)43-25(20-23)14-10-22-12-16-33-29(18-22)27-6-2-4-8-31(27)36-33/h1-20,35-36H/b13-9+,14-10+. The van der Waals surface area contributed by atoms with Gasteiger partial charge in [-0.3, -0.25) is 20.2 Å². The Kier molecular flexibility index (Phi) is 6.17. The number of fused-ring (bicyclic) bond motifs is 6. The minimum absolute atomic E-state index is 0.167. The molecule has 2 N–H and O–H groups in total. The summed E-state index contributed by atoms with van der Waals surface area (Å²) in [6.45, 7) is 0. The first-order valence-electron chi connectivity index (χ1n) is 13.4. The quantitative estimate of drug-likeness (QED) is 0.155. The number of aromatic amines is 2. The first-order chi connectivity index (χ1) is 20.9. The van der Waals surface area contributed by atoms with Crippen LogP contribution in [-0.2, 0) is 4.74 Å². The first-order valence-corrected chi connectivity index (χ1v) is 13.4. The summed E-state index contributed by atoms with van der Waals surface area (Å²) < 4.78 is 6.01. The predicted octanol–water partition coefficient (Wildman–Crippen LogP) is 8.25. The second-order valence-corrected chi connectivity index (χ2v) is 10.1. The molecule has 0 amide bonds. The van der Waals surface area contributed by atoms with Crippen molar-refractivity contribution in [3.8, 4) is 0 Å². The van der Waals surface area contributed by atoms with E-state index >= 15 is 0 Å². The molecule has 0 bridgehead atoms. The van der Waals surface area contributed by atoms with Gasteiger partial charge in [0.2, 0.25) is 0 Å². The third-order valence-electron chi connectivity index (χ3n) is 7.38. The second-order valence-electron chi connectivity index (χ2n) is 10.1. The molecule has 0 saturated heterocycles. The van der Waals surface area contributed by atoms with Crippen molar-refractivity contribution in [2.24, 2.45) is 0 Å².